The van der Waals surface area contributed by atoms with E-state index in [0.717, 1.165) is 21.6 Å². The molecule has 0 aliphatic carbocycles. The molecule has 3 aromatic rings. The number of benzene rings is 2. The SMILES string of the molecule is COc1ccc(C)cc1/C(O)=C1/C(=O)C(=O)N(c2ccc(C)cc2C)C1c1cccs1. The lowest BCUT2D eigenvalue weighted by Crippen LogP contribution is -2.29. The number of Topliss-reactive ketones (excluding diaryl/α,β-unsaturated/α-hetero) is 1. The van der Waals surface area contributed by atoms with E-state index in [1.54, 1.807) is 12.1 Å². The third-order valence-electron chi connectivity index (χ3n) is 5.48. The highest BCUT2D eigenvalue weighted by Gasteiger charge is 2.48. The van der Waals surface area contributed by atoms with E-state index >= 15 is 0 Å². The fourth-order valence-electron chi connectivity index (χ4n) is 4.02. The smallest absolute Gasteiger partial charge is 0.300 e. The largest absolute Gasteiger partial charge is 0.507 e. The minimum absolute atomic E-state index is 0.0660. The molecule has 2 aromatic carbocycles. The average molecular weight is 434 g/mol. The summed E-state index contributed by atoms with van der Waals surface area (Å²) in [6.45, 7) is 5.78. The molecule has 6 heteroatoms. The number of aryl methyl sites for hydroxylation is 3. The number of methoxy groups -OCH3 is 1. The summed E-state index contributed by atoms with van der Waals surface area (Å²) in [6, 6.07) is 14.1. The first kappa shape index (κ1) is 20.9. The van der Waals surface area contributed by atoms with Crippen molar-refractivity contribution in [3.8, 4) is 5.75 Å². The second-order valence-corrected chi connectivity index (χ2v) is 8.66. The van der Waals surface area contributed by atoms with E-state index in [1.807, 2.05) is 62.5 Å². The third-order valence-corrected chi connectivity index (χ3v) is 6.40. The first-order chi connectivity index (χ1) is 14.8. The Morgan fingerprint density at radius 3 is 2.39 bits per heavy atom. The maximum atomic E-state index is 13.2. The number of hydrogen-bond acceptors (Lipinski definition) is 5. The van der Waals surface area contributed by atoms with Crippen molar-refractivity contribution in [2.24, 2.45) is 0 Å². The number of ketones is 1. The molecule has 1 unspecified atom stereocenters. The van der Waals surface area contributed by atoms with E-state index in [2.05, 4.69) is 0 Å². The molecule has 1 N–H and O–H groups in total. The Labute approximate surface area is 185 Å². The lowest BCUT2D eigenvalue weighted by molar-refractivity contribution is -0.132. The van der Waals surface area contributed by atoms with Gasteiger partial charge in [-0.1, -0.05) is 35.4 Å². The van der Waals surface area contributed by atoms with E-state index < -0.39 is 17.7 Å². The molecule has 1 aromatic heterocycles. The summed E-state index contributed by atoms with van der Waals surface area (Å²) in [5, 5.41) is 13.2. The van der Waals surface area contributed by atoms with Gasteiger partial charge >= 0.3 is 0 Å². The molecule has 1 fully saturated rings. The first-order valence-corrected chi connectivity index (χ1v) is 10.8. The lowest BCUT2D eigenvalue weighted by Gasteiger charge is -2.26. The summed E-state index contributed by atoms with van der Waals surface area (Å²) >= 11 is 1.44. The van der Waals surface area contributed by atoms with Gasteiger partial charge in [-0.15, -0.1) is 11.3 Å². The first-order valence-electron chi connectivity index (χ1n) is 9.90. The van der Waals surface area contributed by atoms with E-state index in [4.69, 9.17) is 4.74 Å². The van der Waals surface area contributed by atoms with Crippen LogP contribution in [0.2, 0.25) is 0 Å². The van der Waals surface area contributed by atoms with Crippen LogP contribution in [0.1, 0.15) is 33.2 Å². The van der Waals surface area contributed by atoms with Gasteiger partial charge in [0.1, 0.15) is 17.6 Å². The van der Waals surface area contributed by atoms with Gasteiger partial charge in [0.25, 0.3) is 11.7 Å². The van der Waals surface area contributed by atoms with Crippen LogP contribution in [-0.4, -0.2) is 23.9 Å². The van der Waals surface area contributed by atoms with Crippen LogP contribution in [0, 0.1) is 20.8 Å². The average Bonchev–Trinajstić information content (AvgIpc) is 3.35. The highest BCUT2D eigenvalue weighted by molar-refractivity contribution is 7.10. The topological polar surface area (TPSA) is 66.8 Å². The fourth-order valence-corrected chi connectivity index (χ4v) is 4.85. The molecule has 4 rings (SSSR count). The number of ether oxygens (including phenoxy) is 1. The van der Waals surface area contributed by atoms with Crippen LogP contribution in [0.3, 0.4) is 0 Å². The molecule has 158 valence electrons. The second-order valence-electron chi connectivity index (χ2n) is 7.68. The Bertz CT molecular complexity index is 1210. The third kappa shape index (κ3) is 3.53. The van der Waals surface area contributed by atoms with Crippen molar-refractivity contribution >= 4 is 34.5 Å². The van der Waals surface area contributed by atoms with Crippen LogP contribution in [0.5, 0.6) is 5.75 Å². The molecular formula is C25H23NO4S. The predicted molar refractivity (Wildman–Crippen MR) is 123 cm³/mol. The summed E-state index contributed by atoms with van der Waals surface area (Å²) in [7, 11) is 1.51. The highest BCUT2D eigenvalue weighted by atomic mass is 32.1. The van der Waals surface area contributed by atoms with Gasteiger partial charge in [0.05, 0.1) is 18.2 Å². The summed E-state index contributed by atoms with van der Waals surface area (Å²) in [4.78, 5) is 28.7. The Balaban J connectivity index is 1.98. The molecule has 1 amide bonds. The molecule has 1 aliphatic rings. The number of carbonyl (C=O) groups excluding carboxylic acids is 2. The minimum Gasteiger partial charge on any atom is -0.507 e. The molecule has 0 radical (unpaired) electrons. The van der Waals surface area contributed by atoms with Crippen LogP contribution in [-0.2, 0) is 9.59 Å². The maximum Gasteiger partial charge on any atom is 0.300 e. The Hall–Kier alpha value is -3.38. The number of thiophene rings is 1. The lowest BCUT2D eigenvalue weighted by atomic mass is 9.98. The minimum atomic E-state index is -0.716. The van der Waals surface area contributed by atoms with Crippen LogP contribution in [0.4, 0.5) is 5.69 Å². The highest BCUT2D eigenvalue weighted by Crippen LogP contribution is 2.45. The molecule has 1 atom stereocenters. The summed E-state index contributed by atoms with van der Waals surface area (Å²) in [5.74, 6) is -1.16. The number of amides is 1. The zero-order valence-electron chi connectivity index (χ0n) is 17.8. The quantitative estimate of drug-likeness (QED) is 0.344. The van der Waals surface area contributed by atoms with Gasteiger partial charge in [0, 0.05) is 10.6 Å². The van der Waals surface area contributed by atoms with Crippen molar-refractivity contribution in [3.63, 3.8) is 0 Å². The van der Waals surface area contributed by atoms with Crippen molar-refractivity contribution in [1.82, 2.24) is 0 Å². The van der Waals surface area contributed by atoms with E-state index in [9.17, 15) is 14.7 Å². The maximum absolute atomic E-state index is 13.2. The Kier molecular flexibility index (Phi) is 5.41. The Morgan fingerprint density at radius 1 is 1.03 bits per heavy atom. The summed E-state index contributed by atoms with van der Waals surface area (Å²) in [6.07, 6.45) is 0. The summed E-state index contributed by atoms with van der Waals surface area (Å²) < 4.78 is 5.41. The van der Waals surface area contributed by atoms with Crippen molar-refractivity contribution in [2.45, 2.75) is 26.8 Å². The number of carbonyl (C=O) groups is 2. The zero-order valence-corrected chi connectivity index (χ0v) is 18.6. The molecule has 1 saturated heterocycles. The Morgan fingerprint density at radius 2 is 1.74 bits per heavy atom. The van der Waals surface area contributed by atoms with E-state index in [0.29, 0.717) is 17.0 Å². The second kappa shape index (κ2) is 8.04. The monoisotopic (exact) mass is 433 g/mol. The van der Waals surface area contributed by atoms with Gasteiger partial charge in [-0.3, -0.25) is 14.5 Å². The molecule has 0 bridgehead atoms. The number of aliphatic hydroxyl groups is 1. The van der Waals surface area contributed by atoms with Crippen molar-refractivity contribution in [1.29, 1.82) is 0 Å². The number of hydrogen-bond donors (Lipinski definition) is 1. The van der Waals surface area contributed by atoms with Crippen LogP contribution >= 0.6 is 11.3 Å². The van der Waals surface area contributed by atoms with Crippen molar-refractivity contribution in [2.75, 3.05) is 12.0 Å². The zero-order chi connectivity index (χ0) is 22.3. The number of anilines is 1. The van der Waals surface area contributed by atoms with Gasteiger partial charge in [-0.05, 0) is 56.0 Å². The molecular weight excluding hydrogens is 410 g/mol. The summed E-state index contributed by atoms with van der Waals surface area (Å²) in [5.41, 5.74) is 3.96. The fraction of sp³-hybridized carbons (Fsp3) is 0.200. The normalized spacial score (nSPS) is 17.9. The van der Waals surface area contributed by atoms with Gasteiger partial charge in [0.2, 0.25) is 0 Å². The van der Waals surface area contributed by atoms with Gasteiger partial charge in [-0.25, -0.2) is 0 Å². The molecule has 5 nitrogen and oxygen atoms in total. The van der Waals surface area contributed by atoms with Crippen LogP contribution < -0.4 is 9.64 Å². The van der Waals surface area contributed by atoms with Crippen LogP contribution in [0.15, 0.2) is 59.5 Å². The molecule has 1 aliphatic heterocycles. The van der Waals surface area contributed by atoms with E-state index in [-0.39, 0.29) is 11.3 Å². The van der Waals surface area contributed by atoms with Crippen molar-refractivity contribution < 1.29 is 19.4 Å². The predicted octanol–water partition coefficient (Wildman–Crippen LogP) is 5.31. The molecule has 31 heavy (non-hydrogen) atoms. The van der Waals surface area contributed by atoms with Crippen molar-refractivity contribution in [3.05, 3.63) is 86.6 Å². The number of rotatable bonds is 4. The standard InChI is InChI=1S/C25H23NO4S/c1-14-7-9-18(16(3)12-14)26-22(20-6-5-11-31-20)21(24(28)25(26)29)23(27)17-13-15(2)8-10-19(17)30-4/h5-13,22,27H,1-4H3/b23-21-. The van der Waals surface area contributed by atoms with Gasteiger partial charge in [-0.2, -0.15) is 0 Å². The molecule has 2 heterocycles. The number of aliphatic hydroxyl groups excluding tert-OH is 1. The molecule has 0 spiro atoms. The van der Waals surface area contributed by atoms with E-state index in [1.165, 1.54) is 23.3 Å². The van der Waals surface area contributed by atoms with Gasteiger partial charge in [0.15, 0.2) is 0 Å². The number of nitrogens with zero attached hydrogens (tertiary/aromatic N) is 1. The van der Waals surface area contributed by atoms with Crippen LogP contribution in [0.25, 0.3) is 5.76 Å². The van der Waals surface area contributed by atoms with Gasteiger partial charge < -0.3 is 9.84 Å². The molecule has 0 saturated carbocycles.